The van der Waals surface area contributed by atoms with E-state index in [1.165, 1.54) is 13.8 Å². The number of methoxy groups -OCH3 is 2. The monoisotopic (exact) mass is 1070 g/mol. The summed E-state index contributed by atoms with van der Waals surface area (Å²) in [5, 5.41) is 2.98. The molecule has 3 aromatic carbocycles. The Morgan fingerprint density at radius 1 is 0.697 bits per heavy atom. The van der Waals surface area contributed by atoms with Crippen molar-refractivity contribution in [2.45, 2.75) is 156 Å². The van der Waals surface area contributed by atoms with E-state index in [-0.39, 0.29) is 92.6 Å². The maximum atomic E-state index is 14.3. The van der Waals surface area contributed by atoms with Crippen LogP contribution in [0.4, 0.5) is 0 Å². The fourth-order valence-corrected chi connectivity index (χ4v) is 11.2. The van der Waals surface area contributed by atoms with E-state index in [1.54, 1.807) is 14.2 Å². The van der Waals surface area contributed by atoms with Gasteiger partial charge in [0, 0.05) is 64.9 Å². The number of nitrogens with zero attached hydrogens (tertiary/aromatic N) is 3. The number of ether oxygens (including phenoxy) is 6. The third kappa shape index (κ3) is 20.1. The minimum absolute atomic E-state index is 0.0131. The average Bonchev–Trinajstić information content (AvgIpc) is 3.41. The van der Waals surface area contributed by atoms with Crippen LogP contribution in [-0.4, -0.2) is 131 Å². The molecule has 420 valence electrons. The van der Waals surface area contributed by atoms with Crippen molar-refractivity contribution in [3.8, 4) is 11.5 Å². The molecule has 6 unspecified atom stereocenters. The minimum atomic E-state index is -1.50. The third-order valence-corrected chi connectivity index (χ3v) is 15.9. The molecular formula is C59H87N4O12P. The molecule has 1 heterocycles. The summed E-state index contributed by atoms with van der Waals surface area (Å²) < 4.78 is 50.6. The Hall–Kier alpha value is -4.98. The molecule has 4 rings (SSSR count). The number of hydrogen-bond acceptors (Lipinski definition) is 13. The highest BCUT2D eigenvalue weighted by molar-refractivity contribution is 7.44. The van der Waals surface area contributed by atoms with Gasteiger partial charge in [-0.05, 0) is 106 Å². The summed E-state index contributed by atoms with van der Waals surface area (Å²) in [6.45, 7) is 24.6. The summed E-state index contributed by atoms with van der Waals surface area (Å²) in [6.07, 6.45) is 5.66. The predicted octanol–water partition coefficient (Wildman–Crippen LogP) is 10.7. The van der Waals surface area contributed by atoms with Gasteiger partial charge in [0.25, 0.3) is 8.53 Å². The molecule has 6 atom stereocenters. The smallest absolute Gasteiger partial charge is 0.302 e. The van der Waals surface area contributed by atoms with Gasteiger partial charge in [-0.3, -0.25) is 19.2 Å². The summed E-state index contributed by atoms with van der Waals surface area (Å²) in [4.78, 5) is 56.0. The number of ketones is 1. The molecule has 76 heavy (non-hydrogen) atoms. The molecule has 0 spiro atoms. The van der Waals surface area contributed by atoms with Crippen LogP contribution >= 0.6 is 8.53 Å². The van der Waals surface area contributed by atoms with Gasteiger partial charge >= 0.3 is 5.97 Å². The first-order valence-electron chi connectivity index (χ1n) is 27.2. The molecule has 1 saturated heterocycles. The predicted molar refractivity (Wildman–Crippen MR) is 296 cm³/mol. The van der Waals surface area contributed by atoms with Crippen molar-refractivity contribution in [1.29, 1.82) is 0 Å². The van der Waals surface area contributed by atoms with Crippen LogP contribution in [0.2, 0.25) is 0 Å². The van der Waals surface area contributed by atoms with Crippen molar-refractivity contribution in [1.82, 2.24) is 14.9 Å². The summed E-state index contributed by atoms with van der Waals surface area (Å²) in [6, 6.07) is 25.7. The van der Waals surface area contributed by atoms with Gasteiger partial charge in [0.15, 0.2) is 6.29 Å². The van der Waals surface area contributed by atoms with E-state index in [0.717, 1.165) is 66.7 Å². The van der Waals surface area contributed by atoms with Crippen LogP contribution in [0.1, 0.15) is 136 Å². The standard InChI is InChI=1S/C59H87N4O12P/c1-43(2)63(44(3)4)76(73-39-35-60-9)74-41-37-62(36-40-72-59(49-22-16-14-17-23-49,50-27-31-53(68-10)32-28-50)51-29-33-54(69-11)34-30-51)56(67)26-20-13-12-18-24-52(66)25-19-15-21-38-70-58-57(61-47(7)64)46(6)45(5)55(75-58)42-71-48(8)65/h14,16-17,22-23,27-34,43-46,55,57-58H,12-13,15,18-21,24-26,35-42H2,1-8,10-11H3,(H,61,64). The quantitative estimate of drug-likeness (QED) is 0.0192. The normalized spacial score (nSPS) is 18.0. The topological polar surface area (TPSA) is 165 Å². The molecule has 17 heteroatoms. The van der Waals surface area contributed by atoms with Crippen LogP contribution in [0.25, 0.3) is 4.85 Å². The first-order valence-corrected chi connectivity index (χ1v) is 28.3. The number of Topliss-reactive ketones (excluding diaryl/α,β-unsaturated/α-hetero) is 1. The van der Waals surface area contributed by atoms with Crippen molar-refractivity contribution >= 4 is 32.1 Å². The van der Waals surface area contributed by atoms with Gasteiger partial charge in [-0.1, -0.05) is 87.7 Å². The zero-order valence-corrected chi connectivity index (χ0v) is 47.9. The zero-order chi connectivity index (χ0) is 55.5. The molecule has 0 aromatic heterocycles. The highest BCUT2D eigenvalue weighted by Gasteiger charge is 2.43. The number of esters is 1. The number of unbranched alkanes of at least 4 members (excludes halogenated alkanes) is 5. The Labute approximate surface area is 454 Å². The number of rotatable bonds is 36. The molecule has 0 bridgehead atoms. The van der Waals surface area contributed by atoms with Crippen molar-refractivity contribution in [2.24, 2.45) is 11.8 Å². The minimum Gasteiger partial charge on any atom is -0.497 e. The van der Waals surface area contributed by atoms with Gasteiger partial charge in [-0.25, -0.2) is 11.2 Å². The largest absolute Gasteiger partial charge is 0.497 e. The molecule has 1 N–H and O–H groups in total. The maximum absolute atomic E-state index is 14.3. The van der Waals surface area contributed by atoms with Crippen LogP contribution in [0.3, 0.4) is 0 Å². The van der Waals surface area contributed by atoms with E-state index in [0.29, 0.717) is 45.4 Å². The van der Waals surface area contributed by atoms with Crippen molar-refractivity contribution in [2.75, 3.05) is 66.9 Å². The molecule has 1 aliphatic heterocycles. The Morgan fingerprint density at radius 3 is 1.78 bits per heavy atom. The Bertz CT molecular complexity index is 2150. The second kappa shape index (κ2) is 34.0. The lowest BCUT2D eigenvalue weighted by Crippen LogP contribution is -2.58. The number of carbonyl (C=O) groups is 4. The second-order valence-electron chi connectivity index (χ2n) is 20.0. The second-order valence-corrected chi connectivity index (χ2v) is 21.5. The zero-order valence-electron chi connectivity index (χ0n) is 47.0. The first kappa shape index (κ1) is 63.6. The van der Waals surface area contributed by atoms with Gasteiger partial charge in [0.05, 0.1) is 39.6 Å². The third-order valence-electron chi connectivity index (χ3n) is 13.8. The first-order chi connectivity index (χ1) is 36.6. The van der Waals surface area contributed by atoms with Crippen LogP contribution in [0.15, 0.2) is 78.9 Å². The number of hydrogen-bond donors (Lipinski definition) is 1. The molecule has 16 nitrogen and oxygen atoms in total. The highest BCUT2D eigenvalue weighted by Crippen LogP contribution is 2.46. The van der Waals surface area contributed by atoms with E-state index in [9.17, 15) is 19.2 Å². The van der Waals surface area contributed by atoms with E-state index in [2.05, 4.69) is 54.7 Å². The molecule has 0 radical (unpaired) electrons. The van der Waals surface area contributed by atoms with Gasteiger partial charge < -0.3 is 52.5 Å². The fourth-order valence-electron chi connectivity index (χ4n) is 9.58. The van der Waals surface area contributed by atoms with Gasteiger partial charge in [0.2, 0.25) is 18.4 Å². The van der Waals surface area contributed by atoms with Crippen LogP contribution in [0, 0.1) is 18.4 Å². The Balaban J connectivity index is 1.36. The van der Waals surface area contributed by atoms with Crippen LogP contribution in [-0.2, 0) is 52.8 Å². The van der Waals surface area contributed by atoms with E-state index < -0.39 is 20.4 Å². The van der Waals surface area contributed by atoms with Crippen molar-refractivity contribution in [3.63, 3.8) is 0 Å². The lowest BCUT2D eigenvalue weighted by molar-refractivity contribution is -0.244. The van der Waals surface area contributed by atoms with E-state index in [4.69, 9.17) is 44.0 Å². The van der Waals surface area contributed by atoms with Gasteiger partial charge in [-0.15, -0.1) is 0 Å². The summed E-state index contributed by atoms with van der Waals surface area (Å²) in [5.41, 5.74) is 1.64. The number of amides is 2. The van der Waals surface area contributed by atoms with E-state index in [1.807, 2.05) is 85.5 Å². The summed E-state index contributed by atoms with van der Waals surface area (Å²) in [5.74, 6) is 1.17. The molecule has 1 fully saturated rings. The van der Waals surface area contributed by atoms with Crippen molar-refractivity contribution < 1.29 is 56.6 Å². The van der Waals surface area contributed by atoms with Gasteiger partial charge in [-0.2, -0.15) is 0 Å². The summed E-state index contributed by atoms with van der Waals surface area (Å²) in [7, 11) is 1.78. The number of nitrogens with one attached hydrogen (secondary N) is 1. The van der Waals surface area contributed by atoms with Crippen LogP contribution < -0.4 is 14.8 Å². The highest BCUT2D eigenvalue weighted by atomic mass is 31.2. The molecule has 3 aromatic rings. The summed E-state index contributed by atoms with van der Waals surface area (Å²) >= 11 is 0. The molecule has 1 aliphatic rings. The van der Waals surface area contributed by atoms with Crippen LogP contribution in [0.5, 0.6) is 11.5 Å². The number of carbonyl (C=O) groups excluding carboxylic acids is 4. The maximum Gasteiger partial charge on any atom is 0.302 e. The Kier molecular flexibility index (Phi) is 28.4. The lowest BCUT2D eigenvalue weighted by Gasteiger charge is -2.44. The molecular weight excluding hydrogens is 988 g/mol. The van der Waals surface area contributed by atoms with Crippen molar-refractivity contribution in [3.05, 3.63) is 107 Å². The molecule has 0 saturated carbocycles. The number of benzene rings is 3. The van der Waals surface area contributed by atoms with E-state index >= 15 is 0 Å². The average molecular weight is 1080 g/mol. The molecule has 2 amide bonds. The SMILES string of the molecule is [C-]#[N+]CCOP(OCCN(CCOC(c1ccccc1)(c1ccc(OC)cc1)c1ccc(OC)cc1)C(=O)CCCCCCC(=O)CCCCCOC1OC(COC(C)=O)C(C)C(C)C1NC(C)=O)N(C(C)C)C(C)C. The Morgan fingerprint density at radius 2 is 1.24 bits per heavy atom. The fraction of sp³-hybridized carbons (Fsp3) is 0.610. The molecule has 0 aliphatic carbocycles. The lowest BCUT2D eigenvalue weighted by atomic mass is 9.80. The van der Waals surface area contributed by atoms with Gasteiger partial charge in [0.1, 0.15) is 36.1 Å².